The van der Waals surface area contributed by atoms with Crippen LogP contribution in [0.25, 0.3) is 0 Å². The zero-order valence-corrected chi connectivity index (χ0v) is 16.7. The summed E-state index contributed by atoms with van der Waals surface area (Å²) in [5.74, 6) is 0.380. The molecule has 2 rings (SSSR count). The molecular weight excluding hydrogens is 330 g/mol. The molecule has 25 heavy (non-hydrogen) atoms. The van der Waals surface area contributed by atoms with Crippen LogP contribution in [0.15, 0.2) is 29.4 Å². The van der Waals surface area contributed by atoms with Gasteiger partial charge in [-0.15, -0.1) is 0 Å². The van der Waals surface area contributed by atoms with Gasteiger partial charge in [0.2, 0.25) is 5.91 Å². The summed E-state index contributed by atoms with van der Waals surface area (Å²) in [6.45, 7) is 12.2. The van der Waals surface area contributed by atoms with E-state index in [0.717, 1.165) is 29.1 Å². The standard InChI is InChI=1S/C20H27N3OS/c1-7-12(2)17-10-8-9-11-18(17)23-19(24)16(6)25-20-21-14(4)13(3)15(5)22-20/h8-12,16H,7H2,1-6H3,(H,23,24)/t12-,16-/m0/s1. The van der Waals surface area contributed by atoms with Crippen LogP contribution >= 0.6 is 11.8 Å². The second-order valence-corrected chi connectivity index (χ2v) is 7.76. The van der Waals surface area contributed by atoms with Gasteiger partial charge in [0.15, 0.2) is 5.16 Å². The number of thioether (sulfide) groups is 1. The molecule has 1 amide bonds. The predicted octanol–water partition coefficient (Wildman–Crippen LogP) is 5.03. The van der Waals surface area contributed by atoms with E-state index in [1.165, 1.54) is 17.3 Å². The summed E-state index contributed by atoms with van der Waals surface area (Å²) in [6.07, 6.45) is 1.03. The Morgan fingerprint density at radius 2 is 1.72 bits per heavy atom. The highest BCUT2D eigenvalue weighted by Crippen LogP contribution is 2.28. The van der Waals surface area contributed by atoms with Gasteiger partial charge in [0.1, 0.15) is 0 Å². The molecule has 1 aromatic heterocycles. The highest BCUT2D eigenvalue weighted by molar-refractivity contribution is 8.00. The maximum absolute atomic E-state index is 12.6. The van der Waals surface area contributed by atoms with Gasteiger partial charge in [0, 0.05) is 17.1 Å². The zero-order valence-electron chi connectivity index (χ0n) is 15.9. The molecule has 0 fully saturated rings. The average molecular weight is 358 g/mol. The molecule has 1 aromatic carbocycles. The molecule has 1 heterocycles. The fourth-order valence-corrected chi connectivity index (χ4v) is 3.36. The number of anilines is 1. The van der Waals surface area contributed by atoms with E-state index in [4.69, 9.17) is 0 Å². The van der Waals surface area contributed by atoms with E-state index in [1.807, 2.05) is 45.9 Å². The number of amides is 1. The Morgan fingerprint density at radius 1 is 1.12 bits per heavy atom. The third kappa shape index (κ3) is 4.82. The van der Waals surface area contributed by atoms with Crippen LogP contribution < -0.4 is 5.32 Å². The van der Waals surface area contributed by atoms with Gasteiger partial charge >= 0.3 is 0 Å². The number of nitrogens with zero attached hydrogens (tertiary/aromatic N) is 2. The molecular formula is C20H27N3OS. The monoisotopic (exact) mass is 357 g/mol. The first-order valence-electron chi connectivity index (χ1n) is 8.71. The van der Waals surface area contributed by atoms with E-state index < -0.39 is 0 Å². The Kier molecular flexibility index (Phi) is 6.59. The van der Waals surface area contributed by atoms with Gasteiger partial charge in [-0.2, -0.15) is 0 Å². The van der Waals surface area contributed by atoms with Gasteiger partial charge in [-0.3, -0.25) is 4.79 Å². The number of hydrogen-bond donors (Lipinski definition) is 1. The maximum atomic E-state index is 12.6. The second kappa shape index (κ2) is 8.48. The Hall–Kier alpha value is -1.88. The Morgan fingerprint density at radius 3 is 2.32 bits per heavy atom. The number of carbonyl (C=O) groups excluding carboxylic acids is 1. The van der Waals surface area contributed by atoms with Crippen LogP contribution in [-0.4, -0.2) is 21.1 Å². The van der Waals surface area contributed by atoms with Crippen molar-refractivity contribution in [1.29, 1.82) is 0 Å². The largest absolute Gasteiger partial charge is 0.325 e. The maximum Gasteiger partial charge on any atom is 0.237 e. The van der Waals surface area contributed by atoms with Gasteiger partial charge in [0.05, 0.1) is 5.25 Å². The van der Waals surface area contributed by atoms with Crippen LogP contribution in [0.5, 0.6) is 0 Å². The van der Waals surface area contributed by atoms with Crippen molar-refractivity contribution in [2.45, 2.75) is 64.3 Å². The summed E-state index contributed by atoms with van der Waals surface area (Å²) in [6, 6.07) is 8.01. The molecule has 2 atom stereocenters. The first-order valence-corrected chi connectivity index (χ1v) is 9.59. The average Bonchev–Trinajstić information content (AvgIpc) is 2.59. The minimum Gasteiger partial charge on any atom is -0.325 e. The molecule has 0 spiro atoms. The Labute approximate surface area is 154 Å². The predicted molar refractivity (Wildman–Crippen MR) is 105 cm³/mol. The summed E-state index contributed by atoms with van der Waals surface area (Å²) in [5.41, 5.74) is 5.10. The number of benzene rings is 1. The Balaban J connectivity index is 2.11. The van der Waals surface area contributed by atoms with Gasteiger partial charge in [-0.25, -0.2) is 9.97 Å². The van der Waals surface area contributed by atoms with Crippen molar-refractivity contribution in [2.75, 3.05) is 5.32 Å². The second-order valence-electron chi connectivity index (χ2n) is 6.45. The summed E-state index contributed by atoms with van der Waals surface area (Å²) < 4.78 is 0. The van der Waals surface area contributed by atoms with Crippen molar-refractivity contribution in [3.05, 3.63) is 46.8 Å². The van der Waals surface area contributed by atoms with E-state index in [0.29, 0.717) is 11.1 Å². The smallest absolute Gasteiger partial charge is 0.237 e. The highest BCUT2D eigenvalue weighted by Gasteiger charge is 2.19. The molecule has 0 bridgehead atoms. The number of hydrogen-bond acceptors (Lipinski definition) is 4. The van der Waals surface area contributed by atoms with Crippen molar-refractivity contribution in [3.8, 4) is 0 Å². The minimum atomic E-state index is -0.272. The molecule has 2 aromatic rings. The molecule has 0 saturated carbocycles. The van der Waals surface area contributed by atoms with E-state index in [9.17, 15) is 4.79 Å². The number of rotatable bonds is 6. The first-order chi connectivity index (χ1) is 11.8. The summed E-state index contributed by atoms with van der Waals surface area (Å²) >= 11 is 1.39. The molecule has 134 valence electrons. The van der Waals surface area contributed by atoms with Gasteiger partial charge in [0.25, 0.3) is 0 Å². The lowest BCUT2D eigenvalue weighted by Gasteiger charge is -2.17. The molecule has 0 aliphatic carbocycles. The quantitative estimate of drug-likeness (QED) is 0.581. The third-order valence-electron chi connectivity index (χ3n) is 4.63. The molecule has 0 aliphatic rings. The molecule has 5 heteroatoms. The number of aromatic nitrogens is 2. The van der Waals surface area contributed by atoms with Crippen molar-refractivity contribution in [1.82, 2.24) is 9.97 Å². The Bertz CT molecular complexity index is 737. The number of carbonyl (C=O) groups is 1. The van der Waals surface area contributed by atoms with Crippen molar-refractivity contribution >= 4 is 23.4 Å². The fraction of sp³-hybridized carbons (Fsp3) is 0.450. The molecule has 0 unspecified atom stereocenters. The van der Waals surface area contributed by atoms with Crippen molar-refractivity contribution in [3.63, 3.8) is 0 Å². The van der Waals surface area contributed by atoms with Gasteiger partial charge in [-0.05, 0) is 57.2 Å². The number of aryl methyl sites for hydroxylation is 2. The van der Waals surface area contributed by atoms with E-state index in [2.05, 4.69) is 35.2 Å². The van der Waals surface area contributed by atoms with Crippen LogP contribution in [0, 0.1) is 20.8 Å². The first kappa shape index (κ1) is 19.4. The molecule has 1 N–H and O–H groups in total. The highest BCUT2D eigenvalue weighted by atomic mass is 32.2. The normalized spacial score (nSPS) is 13.4. The molecule has 0 saturated heterocycles. The summed E-state index contributed by atoms with van der Waals surface area (Å²) in [7, 11) is 0. The van der Waals surface area contributed by atoms with E-state index in [1.54, 1.807) is 0 Å². The van der Waals surface area contributed by atoms with Crippen molar-refractivity contribution < 1.29 is 4.79 Å². The topological polar surface area (TPSA) is 54.9 Å². The van der Waals surface area contributed by atoms with E-state index in [-0.39, 0.29) is 11.2 Å². The summed E-state index contributed by atoms with van der Waals surface area (Å²) in [5, 5.41) is 3.45. The lowest BCUT2D eigenvalue weighted by molar-refractivity contribution is -0.115. The third-order valence-corrected chi connectivity index (χ3v) is 5.59. The number of nitrogens with one attached hydrogen (secondary N) is 1. The molecule has 0 radical (unpaired) electrons. The summed E-state index contributed by atoms with van der Waals surface area (Å²) in [4.78, 5) is 21.6. The van der Waals surface area contributed by atoms with Crippen LogP contribution in [0.4, 0.5) is 5.69 Å². The van der Waals surface area contributed by atoms with Crippen LogP contribution in [0.3, 0.4) is 0 Å². The van der Waals surface area contributed by atoms with Crippen LogP contribution in [0.1, 0.15) is 55.6 Å². The SMILES string of the molecule is CC[C@H](C)c1ccccc1NC(=O)[C@H](C)Sc1nc(C)c(C)c(C)n1. The zero-order chi connectivity index (χ0) is 18.6. The lowest BCUT2D eigenvalue weighted by Crippen LogP contribution is -2.23. The van der Waals surface area contributed by atoms with E-state index >= 15 is 0 Å². The molecule has 4 nitrogen and oxygen atoms in total. The fourth-order valence-electron chi connectivity index (χ4n) is 2.50. The van der Waals surface area contributed by atoms with Gasteiger partial charge in [-0.1, -0.05) is 43.8 Å². The lowest BCUT2D eigenvalue weighted by atomic mass is 9.97. The van der Waals surface area contributed by atoms with Crippen LogP contribution in [-0.2, 0) is 4.79 Å². The van der Waals surface area contributed by atoms with Crippen molar-refractivity contribution in [2.24, 2.45) is 0 Å². The molecule has 0 aliphatic heterocycles. The number of para-hydroxylation sites is 1. The van der Waals surface area contributed by atoms with Gasteiger partial charge < -0.3 is 5.32 Å². The minimum absolute atomic E-state index is 0.0276. The van der Waals surface area contributed by atoms with Crippen LogP contribution in [0.2, 0.25) is 0 Å².